The number of anilines is 1. The van der Waals surface area contributed by atoms with Gasteiger partial charge in [-0.1, -0.05) is 30.9 Å². The Morgan fingerprint density at radius 2 is 2.18 bits per heavy atom. The molecule has 3 heterocycles. The van der Waals surface area contributed by atoms with E-state index in [0.717, 1.165) is 55.3 Å². The van der Waals surface area contributed by atoms with Crippen molar-refractivity contribution in [3.05, 3.63) is 66.0 Å². The number of nitrogen functional groups attached to an aromatic ring is 1. The summed E-state index contributed by atoms with van der Waals surface area (Å²) in [5.74, 6) is 1.95. The zero-order chi connectivity index (χ0) is 19.5. The molecule has 1 aliphatic rings. The van der Waals surface area contributed by atoms with Crippen LogP contribution in [0.25, 0.3) is 5.65 Å². The Labute approximate surface area is 165 Å². The van der Waals surface area contributed by atoms with E-state index in [1.54, 1.807) is 10.6 Å². The Balaban J connectivity index is 1.52. The van der Waals surface area contributed by atoms with Crippen LogP contribution in [0.1, 0.15) is 35.7 Å². The molecule has 4 rings (SSSR count). The van der Waals surface area contributed by atoms with Crippen LogP contribution in [0.4, 0.5) is 5.82 Å². The van der Waals surface area contributed by atoms with Gasteiger partial charge in [0.15, 0.2) is 5.65 Å². The fourth-order valence-electron chi connectivity index (χ4n) is 3.95. The summed E-state index contributed by atoms with van der Waals surface area (Å²) in [6, 6.07) is 12.2. The van der Waals surface area contributed by atoms with E-state index in [9.17, 15) is 0 Å². The van der Waals surface area contributed by atoms with E-state index >= 15 is 0 Å². The van der Waals surface area contributed by atoms with Crippen molar-refractivity contribution >= 4 is 11.5 Å². The molecule has 3 aromatic rings. The maximum Gasteiger partial charge on any atom is 0.157 e. The Morgan fingerprint density at radius 1 is 1.32 bits per heavy atom. The lowest BCUT2D eigenvalue weighted by atomic mass is 9.94. The Morgan fingerprint density at radius 3 is 3.04 bits per heavy atom. The number of rotatable bonds is 6. The second-order valence-electron chi connectivity index (χ2n) is 7.44. The number of para-hydroxylation sites is 1. The number of aryl methyl sites for hydroxylation is 1. The summed E-state index contributed by atoms with van der Waals surface area (Å²) >= 11 is 0. The van der Waals surface area contributed by atoms with Crippen molar-refractivity contribution < 1.29 is 4.74 Å². The van der Waals surface area contributed by atoms with Crippen LogP contribution in [-0.4, -0.2) is 39.2 Å². The molecule has 1 unspecified atom stereocenters. The van der Waals surface area contributed by atoms with E-state index in [1.807, 2.05) is 31.2 Å². The van der Waals surface area contributed by atoms with Crippen molar-refractivity contribution in [2.24, 2.45) is 0 Å². The van der Waals surface area contributed by atoms with Crippen LogP contribution < -0.4 is 10.5 Å². The zero-order valence-electron chi connectivity index (χ0n) is 16.3. The molecule has 146 valence electrons. The Hall–Kier alpha value is -2.86. The maximum atomic E-state index is 6.22. The van der Waals surface area contributed by atoms with E-state index < -0.39 is 0 Å². The molecule has 1 aromatic carbocycles. The number of aromatic nitrogens is 3. The molecule has 1 fully saturated rings. The Kier molecular flexibility index (Phi) is 5.30. The maximum absolute atomic E-state index is 6.22. The molecule has 6 heteroatoms. The topological polar surface area (TPSA) is 68.7 Å². The van der Waals surface area contributed by atoms with Crippen LogP contribution in [0, 0.1) is 6.92 Å². The number of ether oxygens (including phenoxy) is 1. The predicted octanol–water partition coefficient (Wildman–Crippen LogP) is 3.56. The molecule has 1 aliphatic heterocycles. The zero-order valence-corrected chi connectivity index (χ0v) is 16.3. The molecule has 2 aromatic heterocycles. The minimum atomic E-state index is 0.373. The van der Waals surface area contributed by atoms with Gasteiger partial charge in [0.1, 0.15) is 18.2 Å². The number of nitrogens with zero attached hydrogens (tertiary/aromatic N) is 4. The minimum Gasteiger partial charge on any atom is -0.489 e. The van der Waals surface area contributed by atoms with Crippen LogP contribution >= 0.6 is 0 Å². The first-order chi connectivity index (χ1) is 13.6. The van der Waals surface area contributed by atoms with Gasteiger partial charge < -0.3 is 10.5 Å². The largest absolute Gasteiger partial charge is 0.489 e. The van der Waals surface area contributed by atoms with Gasteiger partial charge in [-0.15, -0.1) is 0 Å². The number of hydrogen-bond acceptors (Lipinski definition) is 5. The third kappa shape index (κ3) is 3.87. The second kappa shape index (κ2) is 8.02. The third-order valence-electron chi connectivity index (χ3n) is 5.24. The molecule has 6 nitrogen and oxygen atoms in total. The van der Waals surface area contributed by atoms with Gasteiger partial charge in [-0.2, -0.15) is 9.61 Å². The average Bonchev–Trinajstić information content (AvgIpc) is 3.08. The average molecular weight is 377 g/mol. The quantitative estimate of drug-likeness (QED) is 0.665. The number of hydrogen-bond donors (Lipinski definition) is 1. The summed E-state index contributed by atoms with van der Waals surface area (Å²) in [5.41, 5.74) is 10.2. The van der Waals surface area contributed by atoms with E-state index in [4.69, 9.17) is 15.5 Å². The van der Waals surface area contributed by atoms with Gasteiger partial charge in [-0.3, -0.25) is 4.90 Å². The molecule has 0 aliphatic carbocycles. The normalized spacial score (nSPS) is 17.7. The van der Waals surface area contributed by atoms with Gasteiger partial charge in [0, 0.05) is 36.7 Å². The first-order valence-electron chi connectivity index (χ1n) is 9.81. The molecule has 28 heavy (non-hydrogen) atoms. The molecular formula is C22H27N5O. The van der Waals surface area contributed by atoms with Crippen molar-refractivity contribution in [1.29, 1.82) is 0 Å². The van der Waals surface area contributed by atoms with Crippen LogP contribution in [-0.2, 0) is 6.54 Å². The van der Waals surface area contributed by atoms with E-state index in [0.29, 0.717) is 18.3 Å². The molecule has 1 atom stereocenters. The molecule has 0 spiro atoms. The lowest BCUT2D eigenvalue weighted by Crippen LogP contribution is -2.34. The summed E-state index contributed by atoms with van der Waals surface area (Å²) in [7, 11) is 0. The SMILES string of the molecule is C=CCOc1ccccc1CN1CCCC(c2cc(N)n3nc(C)cc3n2)C1. The second-order valence-corrected chi connectivity index (χ2v) is 7.44. The van der Waals surface area contributed by atoms with Crippen LogP contribution in [0.3, 0.4) is 0 Å². The van der Waals surface area contributed by atoms with Crippen molar-refractivity contribution in [3.8, 4) is 5.75 Å². The summed E-state index contributed by atoms with van der Waals surface area (Å²) < 4.78 is 7.54. The molecule has 0 saturated carbocycles. The van der Waals surface area contributed by atoms with E-state index in [2.05, 4.69) is 28.7 Å². The van der Waals surface area contributed by atoms with Gasteiger partial charge in [0.2, 0.25) is 0 Å². The number of nitrogens with two attached hydrogens (primary N) is 1. The molecule has 1 saturated heterocycles. The smallest absolute Gasteiger partial charge is 0.157 e. The van der Waals surface area contributed by atoms with Gasteiger partial charge in [-0.25, -0.2) is 4.98 Å². The summed E-state index contributed by atoms with van der Waals surface area (Å²) in [4.78, 5) is 7.32. The van der Waals surface area contributed by atoms with Crippen molar-refractivity contribution in [2.75, 3.05) is 25.4 Å². The van der Waals surface area contributed by atoms with Crippen LogP contribution in [0.5, 0.6) is 5.75 Å². The van der Waals surface area contributed by atoms with Crippen LogP contribution in [0.2, 0.25) is 0 Å². The first kappa shape index (κ1) is 18.5. The van der Waals surface area contributed by atoms with Gasteiger partial charge in [0.25, 0.3) is 0 Å². The summed E-state index contributed by atoms with van der Waals surface area (Å²) in [6.45, 7) is 9.13. The van der Waals surface area contributed by atoms with Crippen LogP contribution in [0.15, 0.2) is 49.1 Å². The monoisotopic (exact) mass is 377 g/mol. The molecule has 0 amide bonds. The van der Waals surface area contributed by atoms with E-state index in [1.165, 1.54) is 5.56 Å². The van der Waals surface area contributed by atoms with Crippen molar-refractivity contribution in [3.63, 3.8) is 0 Å². The number of benzene rings is 1. The lowest BCUT2D eigenvalue weighted by molar-refractivity contribution is 0.196. The predicted molar refractivity (Wildman–Crippen MR) is 112 cm³/mol. The first-order valence-corrected chi connectivity index (χ1v) is 9.81. The number of piperidine rings is 1. The molecular weight excluding hydrogens is 350 g/mol. The van der Waals surface area contributed by atoms with Gasteiger partial charge in [0.05, 0.1) is 11.4 Å². The van der Waals surface area contributed by atoms with Gasteiger partial charge in [-0.05, 0) is 32.4 Å². The highest BCUT2D eigenvalue weighted by Gasteiger charge is 2.24. The number of likely N-dealkylation sites (tertiary alicyclic amines) is 1. The Bertz CT molecular complexity index is 980. The standard InChI is InChI=1S/C22H27N5O/c1-3-11-28-20-9-5-4-7-18(20)15-26-10-6-8-17(14-26)19-13-21(23)27-22(24-19)12-16(2)25-27/h3-5,7,9,12-13,17H,1,6,8,10-11,14-15,23H2,2H3. The number of fused-ring (bicyclic) bond motifs is 1. The lowest BCUT2D eigenvalue weighted by Gasteiger charge is -2.33. The highest BCUT2D eigenvalue weighted by Crippen LogP contribution is 2.29. The molecule has 0 radical (unpaired) electrons. The molecule has 0 bridgehead atoms. The van der Waals surface area contributed by atoms with Crippen molar-refractivity contribution in [2.45, 2.75) is 32.2 Å². The molecule has 2 N–H and O–H groups in total. The third-order valence-corrected chi connectivity index (χ3v) is 5.24. The van der Waals surface area contributed by atoms with Gasteiger partial charge >= 0.3 is 0 Å². The summed E-state index contributed by atoms with van der Waals surface area (Å²) in [6.07, 6.45) is 4.05. The fourth-order valence-corrected chi connectivity index (χ4v) is 3.95. The fraction of sp³-hybridized carbons (Fsp3) is 0.364. The summed E-state index contributed by atoms with van der Waals surface area (Å²) in [5, 5.41) is 4.40. The van der Waals surface area contributed by atoms with Crippen molar-refractivity contribution in [1.82, 2.24) is 19.5 Å². The highest BCUT2D eigenvalue weighted by atomic mass is 16.5. The highest BCUT2D eigenvalue weighted by molar-refractivity contribution is 5.48. The minimum absolute atomic E-state index is 0.373. The van der Waals surface area contributed by atoms with E-state index in [-0.39, 0.29) is 0 Å².